The largest absolute Gasteiger partial charge is 0.481 e. The number of aliphatic carboxylic acids is 1. The number of halogens is 1. The van der Waals surface area contributed by atoms with Crippen LogP contribution in [-0.4, -0.2) is 97.9 Å². The van der Waals surface area contributed by atoms with Crippen molar-refractivity contribution in [1.82, 2.24) is 26.2 Å². The molecule has 15 heteroatoms. The van der Waals surface area contributed by atoms with Crippen LogP contribution < -0.4 is 21.3 Å². The first-order valence-electron chi connectivity index (χ1n) is 15.7. The lowest BCUT2D eigenvalue weighted by Gasteiger charge is -2.35. The molecule has 13 nitrogen and oxygen atoms in total. The lowest BCUT2D eigenvalue weighted by Crippen LogP contribution is -2.62. The first-order chi connectivity index (χ1) is 22.1. The van der Waals surface area contributed by atoms with Crippen LogP contribution in [0.3, 0.4) is 0 Å². The smallest absolute Gasteiger partial charge is 0.305 e. The Bertz CT molecular complexity index is 1450. The van der Waals surface area contributed by atoms with E-state index in [2.05, 4.69) is 42.2 Å². The van der Waals surface area contributed by atoms with Gasteiger partial charge in [0.05, 0.1) is 16.7 Å². The predicted molar refractivity (Wildman–Crippen MR) is 182 cm³/mol. The van der Waals surface area contributed by atoms with Gasteiger partial charge in [-0.3, -0.25) is 28.8 Å². The second kappa shape index (κ2) is 15.2. The zero-order valence-electron chi connectivity index (χ0n) is 27.2. The number of nitrogens with zero attached hydrogens (tertiary/aromatic N) is 2. The van der Waals surface area contributed by atoms with Crippen LogP contribution in [0.2, 0.25) is 0 Å². The number of rotatable bonds is 8. The number of hydrogen-bond donors (Lipinski definition) is 5. The maximum atomic E-state index is 14.0. The molecule has 0 bridgehead atoms. The highest BCUT2D eigenvalue weighted by molar-refractivity contribution is 9.18. The predicted octanol–water partition coefficient (Wildman–Crippen LogP) is 2.21. The average molecular weight is 736 g/mol. The van der Waals surface area contributed by atoms with Crippen molar-refractivity contribution < 1.29 is 33.9 Å². The third-order valence-corrected chi connectivity index (χ3v) is 10.9. The molecule has 3 heterocycles. The molecule has 0 aliphatic carbocycles. The van der Waals surface area contributed by atoms with Crippen molar-refractivity contribution in [3.05, 3.63) is 29.8 Å². The Morgan fingerprint density at radius 1 is 1.00 bits per heavy atom. The van der Waals surface area contributed by atoms with Crippen molar-refractivity contribution in [2.24, 2.45) is 10.9 Å². The third kappa shape index (κ3) is 8.53. The number of carboxylic acid groups (broad SMARTS) is 1. The minimum Gasteiger partial charge on any atom is -0.481 e. The van der Waals surface area contributed by atoms with Gasteiger partial charge in [-0.05, 0) is 79.3 Å². The van der Waals surface area contributed by atoms with E-state index >= 15 is 0 Å². The Morgan fingerprint density at radius 3 is 2.30 bits per heavy atom. The van der Waals surface area contributed by atoms with Gasteiger partial charge in [-0.1, -0.05) is 32.0 Å². The molecule has 1 aromatic carbocycles. The van der Waals surface area contributed by atoms with E-state index in [9.17, 15) is 33.9 Å². The highest BCUT2D eigenvalue weighted by Crippen LogP contribution is 2.40. The van der Waals surface area contributed by atoms with Gasteiger partial charge in [0, 0.05) is 17.2 Å². The molecule has 3 aliphatic heterocycles. The van der Waals surface area contributed by atoms with Crippen LogP contribution in [-0.2, 0) is 28.8 Å². The maximum absolute atomic E-state index is 14.0. The highest BCUT2D eigenvalue weighted by Gasteiger charge is 2.44. The Balaban J connectivity index is 1.78. The van der Waals surface area contributed by atoms with Crippen molar-refractivity contribution in [2.45, 2.75) is 101 Å². The van der Waals surface area contributed by atoms with Crippen LogP contribution in [0.4, 0.5) is 5.69 Å². The van der Waals surface area contributed by atoms with Crippen molar-refractivity contribution >= 4 is 73.5 Å². The first-order valence-corrected chi connectivity index (χ1v) is 17.8. The zero-order chi connectivity index (χ0) is 34.6. The number of carbonyl (C=O) groups is 6. The van der Waals surface area contributed by atoms with E-state index in [0.717, 1.165) is 5.56 Å². The fraction of sp³-hybridized carbons (Fsp3) is 0.594. The molecule has 3 aliphatic rings. The minimum absolute atomic E-state index is 0.0313. The van der Waals surface area contributed by atoms with E-state index in [-0.39, 0.29) is 25.3 Å². The summed E-state index contributed by atoms with van der Waals surface area (Å²) < 4.78 is -0.263. The summed E-state index contributed by atoms with van der Waals surface area (Å²) in [5, 5.41) is 20.7. The normalized spacial score (nSPS) is 27.5. The van der Waals surface area contributed by atoms with Crippen LogP contribution >= 0.6 is 27.7 Å². The summed E-state index contributed by atoms with van der Waals surface area (Å²) in [5.74, 6) is -5.05. The summed E-state index contributed by atoms with van der Waals surface area (Å²) in [4.78, 5) is 87.2. The van der Waals surface area contributed by atoms with Crippen molar-refractivity contribution in [1.29, 1.82) is 0 Å². The number of benzene rings is 1. The minimum atomic E-state index is -1.50. The molecule has 4 rings (SSSR count). The number of carboxylic acids is 1. The second-order valence-electron chi connectivity index (χ2n) is 13.1. The topological polar surface area (TPSA) is 186 Å². The van der Waals surface area contributed by atoms with Crippen LogP contribution in [0.25, 0.3) is 0 Å². The fourth-order valence-corrected chi connectivity index (χ4v) is 7.21. The van der Waals surface area contributed by atoms with Gasteiger partial charge in [0.25, 0.3) is 0 Å². The molecular formula is C32H43BrN6O7S. The number of nitrogens with one attached hydrogen (secondary N) is 4. The summed E-state index contributed by atoms with van der Waals surface area (Å²) in [7, 11) is 0. The van der Waals surface area contributed by atoms with Gasteiger partial charge in [-0.2, -0.15) is 11.8 Å². The number of aliphatic imine (C=N–C) groups is 1. The Morgan fingerprint density at radius 2 is 1.64 bits per heavy atom. The molecule has 2 saturated heterocycles. The molecule has 1 unspecified atom stereocenters. The Hall–Kier alpha value is -3.46. The number of amides is 5. The molecule has 47 heavy (non-hydrogen) atoms. The quantitative estimate of drug-likeness (QED) is 0.269. The van der Waals surface area contributed by atoms with Gasteiger partial charge in [-0.15, -0.1) is 0 Å². The third-order valence-electron chi connectivity index (χ3n) is 8.87. The summed E-state index contributed by atoms with van der Waals surface area (Å²) >= 11 is 4.86. The van der Waals surface area contributed by atoms with Crippen molar-refractivity contribution in [2.75, 3.05) is 12.8 Å². The Kier molecular flexibility index (Phi) is 11.7. The van der Waals surface area contributed by atoms with Crippen LogP contribution in [0, 0.1) is 5.92 Å². The number of para-hydroxylation sites is 1. The van der Waals surface area contributed by atoms with E-state index in [1.54, 1.807) is 20.1 Å². The van der Waals surface area contributed by atoms with Crippen molar-refractivity contribution in [3.8, 4) is 0 Å². The second-order valence-corrected chi connectivity index (χ2v) is 15.4. The molecule has 1 aromatic rings. The number of fused-ring (bicyclic) bond motifs is 2. The first kappa shape index (κ1) is 36.4. The molecule has 256 valence electrons. The van der Waals surface area contributed by atoms with Crippen LogP contribution in [0.1, 0.15) is 71.3 Å². The van der Waals surface area contributed by atoms with Crippen LogP contribution in [0.15, 0.2) is 29.3 Å². The SMILES string of the molecule is CSC(C)(C)[C@H]1NC(=O)[C@@H]2CCCN2C(=O)[C@@H](CC(=O)O)NC(=O)[C@@H](CC2C(Br)=Nc3ccccc32)NC(=O)[C@H](CC(C)C)NC1=O. The van der Waals surface area contributed by atoms with Gasteiger partial charge in [-0.25, -0.2) is 4.99 Å². The van der Waals surface area contributed by atoms with Gasteiger partial charge < -0.3 is 31.3 Å². The van der Waals surface area contributed by atoms with E-state index in [4.69, 9.17) is 0 Å². The van der Waals surface area contributed by atoms with Crippen LogP contribution in [0.5, 0.6) is 0 Å². The van der Waals surface area contributed by atoms with Gasteiger partial charge in [0.15, 0.2) is 0 Å². The molecule has 6 atom stereocenters. The maximum Gasteiger partial charge on any atom is 0.305 e. The summed E-state index contributed by atoms with van der Waals surface area (Å²) in [6.45, 7) is 7.55. The monoisotopic (exact) mass is 734 g/mol. The molecule has 5 amide bonds. The molecule has 5 N–H and O–H groups in total. The van der Waals surface area contributed by atoms with Gasteiger partial charge >= 0.3 is 5.97 Å². The summed E-state index contributed by atoms with van der Waals surface area (Å²) in [6, 6.07) is 1.51. The molecule has 0 saturated carbocycles. The molecule has 0 aromatic heterocycles. The molecular weight excluding hydrogens is 692 g/mol. The Labute approximate surface area is 287 Å². The number of carbonyl (C=O) groups excluding carboxylic acids is 5. The van der Waals surface area contributed by atoms with Gasteiger partial charge in [0.1, 0.15) is 30.2 Å². The summed E-state index contributed by atoms with van der Waals surface area (Å²) in [6.07, 6.45) is 2.12. The van der Waals surface area contributed by atoms with E-state index in [0.29, 0.717) is 23.1 Å². The zero-order valence-corrected chi connectivity index (χ0v) is 29.6. The average Bonchev–Trinajstić information content (AvgIpc) is 3.61. The number of thioether (sulfide) groups is 1. The standard InChI is InChI=1S/C32H43BrN6O7S/c1-16(2)13-20-27(42)35-21(14-18-17-9-6-7-10-19(17)34-26(18)33)28(43)37-22(15-24(40)41)31(46)39-12-8-11-23(39)29(44)38-25(30(45)36-20)32(3,4)47-5/h6-7,9-10,16,18,20-23,25H,8,11-15H2,1-5H3,(H,35,42)(H,36,45)(H,37,43)(H,38,44)(H,40,41)/t18?,20-,21+,22+,23-,25-/m0/s1. The molecule has 0 spiro atoms. The van der Waals surface area contributed by atoms with Crippen molar-refractivity contribution in [3.63, 3.8) is 0 Å². The van der Waals surface area contributed by atoms with E-state index in [1.165, 1.54) is 16.7 Å². The van der Waals surface area contributed by atoms with Gasteiger partial charge in [0.2, 0.25) is 29.5 Å². The molecule has 2 fully saturated rings. The number of hydrogen-bond acceptors (Lipinski definition) is 8. The summed E-state index contributed by atoms with van der Waals surface area (Å²) in [5.41, 5.74) is 1.53. The highest BCUT2D eigenvalue weighted by atomic mass is 79.9. The fourth-order valence-electron chi connectivity index (χ4n) is 6.19. The van der Waals surface area contributed by atoms with E-state index < -0.39 is 82.8 Å². The molecule has 0 radical (unpaired) electrons. The van der Waals surface area contributed by atoms with E-state index in [1.807, 2.05) is 38.1 Å². The lowest BCUT2D eigenvalue weighted by atomic mass is 9.92. The lowest BCUT2D eigenvalue weighted by molar-refractivity contribution is -0.146.